The molecule has 0 saturated heterocycles. The van der Waals surface area contributed by atoms with Gasteiger partial charge in [-0.25, -0.2) is 0 Å². The fraction of sp³-hybridized carbons (Fsp3) is 0.240. The molecule has 2 aromatic carbocycles. The molecule has 0 aliphatic heterocycles. The summed E-state index contributed by atoms with van der Waals surface area (Å²) >= 11 is 0. The van der Waals surface area contributed by atoms with E-state index >= 15 is 0 Å². The van der Waals surface area contributed by atoms with Gasteiger partial charge in [-0.15, -0.1) is 0 Å². The van der Waals surface area contributed by atoms with Crippen LogP contribution in [0.25, 0.3) is 0 Å². The Morgan fingerprint density at radius 3 is 1.81 bits per heavy atom. The molecule has 2 amide bonds. The summed E-state index contributed by atoms with van der Waals surface area (Å²) in [6.45, 7) is 2.10. The quantitative estimate of drug-likeness (QED) is 0.592. The Balaban J connectivity index is 1.50. The van der Waals surface area contributed by atoms with Crippen LogP contribution in [0.2, 0.25) is 0 Å². The van der Waals surface area contributed by atoms with Gasteiger partial charge in [0.1, 0.15) is 5.82 Å². The Morgan fingerprint density at radius 2 is 1.38 bits per heavy atom. The molecular formula is C25H23N5O2. The van der Waals surface area contributed by atoms with Crippen molar-refractivity contribution < 1.29 is 9.59 Å². The number of hydrogen-bond donors (Lipinski definition) is 2. The molecule has 1 fully saturated rings. The molecule has 0 radical (unpaired) electrons. The highest BCUT2D eigenvalue weighted by atomic mass is 16.2. The van der Waals surface area contributed by atoms with Gasteiger partial charge >= 0.3 is 0 Å². The lowest BCUT2D eigenvalue weighted by Crippen LogP contribution is -2.28. The average molecular weight is 425 g/mol. The van der Waals surface area contributed by atoms with Crippen LogP contribution < -0.4 is 10.6 Å². The molecule has 160 valence electrons. The minimum absolute atomic E-state index is 0.129. The minimum atomic E-state index is -0.316. The lowest BCUT2D eigenvalue weighted by Gasteiger charge is -2.27. The highest BCUT2D eigenvalue weighted by molar-refractivity contribution is 6.04. The van der Waals surface area contributed by atoms with Crippen LogP contribution in [0.15, 0.2) is 72.3 Å². The van der Waals surface area contributed by atoms with E-state index in [2.05, 4.69) is 38.6 Å². The summed E-state index contributed by atoms with van der Waals surface area (Å²) < 4.78 is 0. The molecule has 2 N–H and O–H groups in total. The lowest BCUT2D eigenvalue weighted by atomic mass is 9.80. The van der Waals surface area contributed by atoms with E-state index in [1.807, 2.05) is 12.1 Å². The average Bonchev–Trinajstić information content (AvgIpc) is 3.39. The number of carbonyl (C=O) groups excluding carboxylic acids is 2. The van der Waals surface area contributed by atoms with Crippen molar-refractivity contribution in [1.82, 2.24) is 15.0 Å². The van der Waals surface area contributed by atoms with Crippen molar-refractivity contribution in [1.29, 1.82) is 0 Å². The number of nitrogens with zero attached hydrogens (tertiary/aromatic N) is 3. The van der Waals surface area contributed by atoms with E-state index in [0.717, 1.165) is 19.3 Å². The molecule has 1 heterocycles. The van der Waals surface area contributed by atoms with Crippen LogP contribution >= 0.6 is 0 Å². The number of hydrogen-bond acceptors (Lipinski definition) is 5. The van der Waals surface area contributed by atoms with Gasteiger partial charge < -0.3 is 0 Å². The number of amides is 2. The van der Waals surface area contributed by atoms with Crippen LogP contribution in [-0.2, 0) is 5.41 Å². The Labute approximate surface area is 186 Å². The third-order valence-corrected chi connectivity index (χ3v) is 6.38. The van der Waals surface area contributed by atoms with Gasteiger partial charge in [0.25, 0.3) is 11.8 Å². The lowest BCUT2D eigenvalue weighted by molar-refractivity contribution is 0.101. The normalized spacial score (nSPS) is 21.2. The molecule has 7 nitrogen and oxygen atoms in total. The molecule has 0 spiro atoms. The Morgan fingerprint density at radius 1 is 0.844 bits per heavy atom. The predicted molar refractivity (Wildman–Crippen MR) is 121 cm³/mol. The molecule has 2 atom stereocenters. The number of aromatic nitrogens is 3. The summed E-state index contributed by atoms with van der Waals surface area (Å²) in [4.78, 5) is 39.0. The summed E-state index contributed by atoms with van der Waals surface area (Å²) in [5.41, 5.74) is 1.97. The molecular weight excluding hydrogens is 402 g/mol. The summed E-state index contributed by atoms with van der Waals surface area (Å²) in [6.07, 6.45) is 5.27. The van der Waals surface area contributed by atoms with E-state index in [1.54, 1.807) is 48.5 Å². The van der Waals surface area contributed by atoms with E-state index in [9.17, 15) is 9.59 Å². The molecule has 2 unspecified atom stereocenters. The summed E-state index contributed by atoms with van der Waals surface area (Å²) in [7, 11) is 0. The van der Waals surface area contributed by atoms with Gasteiger partial charge in [0, 0.05) is 11.1 Å². The van der Waals surface area contributed by atoms with Crippen LogP contribution in [0.5, 0.6) is 0 Å². The fourth-order valence-electron chi connectivity index (χ4n) is 4.70. The molecule has 1 aromatic heterocycles. The summed E-state index contributed by atoms with van der Waals surface area (Å²) in [5.74, 6) is 0.742. The standard InChI is InChI=1S/C25H23N5O2/c1-16-14-17-12-13-25(16,15-17)22-28-23(26-20(31)18-8-4-2-5-9-18)30-24(29-22)27-21(32)19-10-6-3-7-11-19/h2-11,14,17H,12-13,15H2,1H3,(H2,26,27,28,29,30,31,32). The number of nitrogens with one attached hydrogen (secondary N) is 2. The van der Waals surface area contributed by atoms with Gasteiger partial charge in [0.15, 0.2) is 0 Å². The second-order valence-electron chi connectivity index (χ2n) is 8.38. The van der Waals surface area contributed by atoms with Crippen molar-refractivity contribution in [2.75, 3.05) is 10.6 Å². The smallest absolute Gasteiger partial charge is 0.258 e. The second-order valence-corrected chi connectivity index (χ2v) is 8.38. The van der Waals surface area contributed by atoms with Gasteiger partial charge in [-0.2, -0.15) is 15.0 Å². The zero-order chi connectivity index (χ0) is 22.1. The first-order valence-electron chi connectivity index (χ1n) is 10.7. The third kappa shape index (κ3) is 3.66. The Kier molecular flexibility index (Phi) is 5.01. The number of benzene rings is 2. The van der Waals surface area contributed by atoms with Gasteiger partial charge in [0.05, 0.1) is 5.41 Å². The van der Waals surface area contributed by atoms with E-state index in [-0.39, 0.29) is 29.1 Å². The Hall–Kier alpha value is -3.87. The molecule has 7 heteroatoms. The van der Waals surface area contributed by atoms with Crippen molar-refractivity contribution in [2.45, 2.75) is 31.6 Å². The van der Waals surface area contributed by atoms with Crippen LogP contribution in [-0.4, -0.2) is 26.8 Å². The van der Waals surface area contributed by atoms with Gasteiger partial charge in [-0.1, -0.05) is 48.0 Å². The molecule has 2 bridgehead atoms. The van der Waals surface area contributed by atoms with Crippen molar-refractivity contribution >= 4 is 23.7 Å². The van der Waals surface area contributed by atoms with Crippen LogP contribution in [0.3, 0.4) is 0 Å². The maximum Gasteiger partial charge on any atom is 0.258 e. The second kappa shape index (κ2) is 8.00. The largest absolute Gasteiger partial charge is 0.290 e. The topological polar surface area (TPSA) is 96.9 Å². The van der Waals surface area contributed by atoms with Crippen LogP contribution in [0.4, 0.5) is 11.9 Å². The molecule has 2 aliphatic rings. The first-order valence-corrected chi connectivity index (χ1v) is 10.7. The summed E-state index contributed by atoms with van der Waals surface area (Å²) in [5, 5.41) is 5.55. The highest BCUT2D eigenvalue weighted by Crippen LogP contribution is 2.54. The van der Waals surface area contributed by atoms with Crippen LogP contribution in [0.1, 0.15) is 52.7 Å². The molecule has 32 heavy (non-hydrogen) atoms. The number of anilines is 2. The highest BCUT2D eigenvalue weighted by Gasteiger charge is 2.48. The SMILES string of the molecule is CC1=CC2CCC1(c1nc(NC(=O)c3ccccc3)nc(NC(=O)c3ccccc3)n1)C2. The van der Waals surface area contributed by atoms with Crippen LogP contribution in [0, 0.1) is 5.92 Å². The molecule has 1 saturated carbocycles. The number of carbonyl (C=O) groups is 2. The zero-order valence-electron chi connectivity index (χ0n) is 17.7. The molecule has 2 aliphatic carbocycles. The number of allylic oxidation sites excluding steroid dienone is 2. The van der Waals surface area contributed by atoms with Crippen molar-refractivity contribution in [2.24, 2.45) is 5.92 Å². The maximum atomic E-state index is 12.7. The van der Waals surface area contributed by atoms with E-state index < -0.39 is 0 Å². The fourth-order valence-corrected chi connectivity index (χ4v) is 4.70. The zero-order valence-corrected chi connectivity index (χ0v) is 17.7. The van der Waals surface area contributed by atoms with E-state index in [1.165, 1.54) is 5.57 Å². The third-order valence-electron chi connectivity index (χ3n) is 6.38. The Bertz CT molecular complexity index is 1140. The van der Waals surface area contributed by atoms with E-state index in [0.29, 0.717) is 22.9 Å². The van der Waals surface area contributed by atoms with Gasteiger partial charge in [0.2, 0.25) is 11.9 Å². The van der Waals surface area contributed by atoms with Gasteiger partial charge in [-0.3, -0.25) is 20.2 Å². The molecule has 5 rings (SSSR count). The minimum Gasteiger partial charge on any atom is -0.290 e. The van der Waals surface area contributed by atoms with Crippen molar-refractivity contribution in [3.63, 3.8) is 0 Å². The van der Waals surface area contributed by atoms with Crippen molar-refractivity contribution in [3.8, 4) is 0 Å². The maximum absolute atomic E-state index is 12.7. The first-order chi connectivity index (χ1) is 15.5. The first kappa shape index (κ1) is 20.1. The summed E-state index contributed by atoms with van der Waals surface area (Å²) in [6, 6.07) is 17.8. The number of rotatable bonds is 5. The predicted octanol–water partition coefficient (Wildman–Crippen LogP) is 4.37. The van der Waals surface area contributed by atoms with Gasteiger partial charge in [-0.05, 0) is 56.4 Å². The van der Waals surface area contributed by atoms with E-state index in [4.69, 9.17) is 0 Å². The molecule has 3 aromatic rings. The number of fused-ring (bicyclic) bond motifs is 2. The van der Waals surface area contributed by atoms with Crippen molar-refractivity contribution in [3.05, 3.63) is 89.3 Å². The monoisotopic (exact) mass is 425 g/mol.